The number of nitrogens with zero attached hydrogens (tertiary/aromatic N) is 1. The minimum Gasteiger partial charge on any atom is -0.366 e. The van der Waals surface area contributed by atoms with Gasteiger partial charge in [0.1, 0.15) is 5.82 Å². The fourth-order valence-corrected chi connectivity index (χ4v) is 2.01. The summed E-state index contributed by atoms with van der Waals surface area (Å²) in [5, 5.41) is 3.94. The molecule has 0 bridgehead atoms. The van der Waals surface area contributed by atoms with Crippen molar-refractivity contribution in [1.29, 1.82) is 0 Å². The van der Waals surface area contributed by atoms with E-state index in [-0.39, 0.29) is 0 Å². The molecule has 1 rings (SSSR count). The molecule has 0 aliphatic carbocycles. The first-order chi connectivity index (χ1) is 6.59. The predicted molar refractivity (Wildman–Crippen MR) is 65.3 cm³/mol. The van der Waals surface area contributed by atoms with Crippen LogP contribution in [-0.2, 0) is 0 Å². The highest BCUT2D eigenvalue weighted by atomic mass is 79.9. The Hall–Kier alpha value is -0.280. The number of rotatable bonds is 4. The number of hydrogen-bond acceptors (Lipinski definition) is 2. The monoisotopic (exact) mass is 276 g/mol. The predicted octanol–water partition coefficient (Wildman–Crippen LogP) is 3.71. The second-order valence-electron chi connectivity index (χ2n) is 3.40. The minimum absolute atomic E-state index is 0.358. The highest BCUT2D eigenvalue weighted by molar-refractivity contribution is 9.09. The van der Waals surface area contributed by atoms with Gasteiger partial charge in [-0.15, -0.1) is 0 Å². The molecule has 0 saturated heterocycles. The van der Waals surface area contributed by atoms with Gasteiger partial charge in [-0.2, -0.15) is 0 Å². The lowest BCUT2D eigenvalue weighted by Gasteiger charge is -2.16. The van der Waals surface area contributed by atoms with E-state index >= 15 is 0 Å². The number of pyridine rings is 1. The van der Waals surface area contributed by atoms with Gasteiger partial charge in [0.05, 0.1) is 5.02 Å². The van der Waals surface area contributed by atoms with Gasteiger partial charge in [0.2, 0.25) is 0 Å². The van der Waals surface area contributed by atoms with Crippen LogP contribution in [0.5, 0.6) is 0 Å². The summed E-state index contributed by atoms with van der Waals surface area (Å²) < 4.78 is 0. The van der Waals surface area contributed by atoms with Crippen LogP contribution in [0.15, 0.2) is 18.3 Å². The molecule has 0 amide bonds. The third kappa shape index (κ3) is 3.84. The van der Waals surface area contributed by atoms with Crippen LogP contribution < -0.4 is 5.32 Å². The maximum atomic E-state index is 5.97. The number of aromatic nitrogens is 1. The zero-order valence-electron chi connectivity index (χ0n) is 8.30. The summed E-state index contributed by atoms with van der Waals surface area (Å²) in [4.78, 5) is 4.66. The van der Waals surface area contributed by atoms with Crippen molar-refractivity contribution in [3.8, 4) is 0 Å². The van der Waals surface area contributed by atoms with E-state index in [1.165, 1.54) is 0 Å². The largest absolute Gasteiger partial charge is 0.366 e. The van der Waals surface area contributed by atoms with Crippen molar-refractivity contribution < 1.29 is 0 Å². The van der Waals surface area contributed by atoms with Gasteiger partial charge in [-0.25, -0.2) is 4.98 Å². The van der Waals surface area contributed by atoms with E-state index < -0.39 is 0 Å². The number of hydrogen-bond donors (Lipinski definition) is 1. The van der Waals surface area contributed by atoms with Crippen LogP contribution in [0.3, 0.4) is 0 Å². The Kier molecular flexibility index (Phi) is 4.69. The highest BCUT2D eigenvalue weighted by Crippen LogP contribution is 2.19. The van der Waals surface area contributed by atoms with Crippen LogP contribution in [0.2, 0.25) is 5.02 Å². The standard InChI is InChI=1S/C10H14BrClN2/c1-7(11)6-8(2)14-10-9(12)4-3-5-13-10/h3-5,7-8H,6H2,1-2H3,(H,13,14). The summed E-state index contributed by atoms with van der Waals surface area (Å²) in [6.45, 7) is 4.24. The molecule has 1 heterocycles. The molecule has 1 aromatic rings. The first kappa shape index (κ1) is 11.8. The molecule has 0 radical (unpaired) electrons. The maximum absolute atomic E-state index is 5.97. The molecule has 2 atom stereocenters. The number of anilines is 1. The van der Waals surface area contributed by atoms with Crippen LogP contribution in [0.25, 0.3) is 0 Å². The normalized spacial score (nSPS) is 14.9. The van der Waals surface area contributed by atoms with Crippen LogP contribution in [0.1, 0.15) is 20.3 Å². The van der Waals surface area contributed by atoms with Gasteiger partial charge in [0, 0.05) is 17.1 Å². The van der Waals surface area contributed by atoms with Gasteiger partial charge in [-0.05, 0) is 25.5 Å². The zero-order valence-corrected chi connectivity index (χ0v) is 10.6. The van der Waals surface area contributed by atoms with E-state index in [9.17, 15) is 0 Å². The second-order valence-corrected chi connectivity index (χ2v) is 5.37. The Morgan fingerprint density at radius 2 is 2.29 bits per heavy atom. The smallest absolute Gasteiger partial charge is 0.144 e. The fraction of sp³-hybridized carbons (Fsp3) is 0.500. The van der Waals surface area contributed by atoms with Gasteiger partial charge in [0.25, 0.3) is 0 Å². The molecule has 2 nitrogen and oxygen atoms in total. The molecule has 0 fully saturated rings. The van der Waals surface area contributed by atoms with Crippen molar-refractivity contribution in [2.45, 2.75) is 31.1 Å². The van der Waals surface area contributed by atoms with Gasteiger partial charge < -0.3 is 5.32 Å². The van der Waals surface area contributed by atoms with Crippen molar-refractivity contribution in [2.24, 2.45) is 0 Å². The average molecular weight is 278 g/mol. The van der Waals surface area contributed by atoms with Crippen LogP contribution in [-0.4, -0.2) is 15.9 Å². The van der Waals surface area contributed by atoms with E-state index in [0.29, 0.717) is 15.9 Å². The quantitative estimate of drug-likeness (QED) is 0.849. The van der Waals surface area contributed by atoms with E-state index in [2.05, 4.69) is 40.1 Å². The Morgan fingerprint density at radius 1 is 1.57 bits per heavy atom. The average Bonchev–Trinajstić information content (AvgIpc) is 2.07. The number of halogens is 2. The summed E-state index contributed by atoms with van der Waals surface area (Å²) in [7, 11) is 0. The third-order valence-electron chi connectivity index (χ3n) is 1.82. The SMILES string of the molecule is CC(Br)CC(C)Nc1ncccc1Cl. The molecule has 0 aromatic carbocycles. The lowest BCUT2D eigenvalue weighted by Crippen LogP contribution is -2.19. The van der Waals surface area contributed by atoms with Gasteiger partial charge in [0.15, 0.2) is 0 Å². The van der Waals surface area contributed by atoms with E-state index in [4.69, 9.17) is 11.6 Å². The molecule has 1 N–H and O–H groups in total. The van der Waals surface area contributed by atoms with Crippen molar-refractivity contribution in [3.63, 3.8) is 0 Å². The Bertz CT molecular complexity index is 291. The van der Waals surface area contributed by atoms with Gasteiger partial charge in [-0.1, -0.05) is 34.5 Å². The first-order valence-electron chi connectivity index (χ1n) is 4.60. The van der Waals surface area contributed by atoms with Crippen molar-refractivity contribution in [1.82, 2.24) is 4.98 Å². The van der Waals surface area contributed by atoms with Crippen LogP contribution in [0.4, 0.5) is 5.82 Å². The van der Waals surface area contributed by atoms with Crippen molar-refractivity contribution in [2.75, 3.05) is 5.32 Å². The summed E-state index contributed by atoms with van der Waals surface area (Å²) in [5.41, 5.74) is 0. The van der Waals surface area contributed by atoms with Gasteiger partial charge in [-0.3, -0.25) is 0 Å². The topological polar surface area (TPSA) is 24.9 Å². The van der Waals surface area contributed by atoms with Gasteiger partial charge >= 0.3 is 0 Å². The molecule has 0 saturated carbocycles. The fourth-order valence-electron chi connectivity index (χ4n) is 1.27. The van der Waals surface area contributed by atoms with Crippen molar-refractivity contribution in [3.05, 3.63) is 23.4 Å². The zero-order chi connectivity index (χ0) is 10.6. The van der Waals surface area contributed by atoms with E-state index in [1.54, 1.807) is 6.20 Å². The molecule has 14 heavy (non-hydrogen) atoms. The molecular formula is C10H14BrClN2. The van der Waals surface area contributed by atoms with E-state index in [1.807, 2.05) is 12.1 Å². The Morgan fingerprint density at radius 3 is 2.86 bits per heavy atom. The Balaban J connectivity index is 2.56. The van der Waals surface area contributed by atoms with Crippen LogP contribution >= 0.6 is 27.5 Å². The third-order valence-corrected chi connectivity index (χ3v) is 2.50. The van der Waals surface area contributed by atoms with E-state index in [0.717, 1.165) is 12.2 Å². The maximum Gasteiger partial charge on any atom is 0.144 e. The molecule has 2 unspecified atom stereocenters. The molecule has 0 aliphatic heterocycles. The van der Waals surface area contributed by atoms with Crippen molar-refractivity contribution >= 4 is 33.3 Å². The minimum atomic E-state index is 0.358. The summed E-state index contributed by atoms with van der Waals surface area (Å²) in [6, 6.07) is 4.02. The highest BCUT2D eigenvalue weighted by Gasteiger charge is 2.08. The molecule has 1 aromatic heterocycles. The molecule has 0 spiro atoms. The summed E-state index contributed by atoms with van der Waals surface area (Å²) in [5.74, 6) is 0.759. The summed E-state index contributed by atoms with van der Waals surface area (Å²) >= 11 is 9.48. The summed E-state index contributed by atoms with van der Waals surface area (Å²) in [6.07, 6.45) is 2.77. The number of nitrogens with one attached hydrogen (secondary N) is 1. The first-order valence-corrected chi connectivity index (χ1v) is 5.90. The number of alkyl halides is 1. The molecule has 0 aliphatic rings. The van der Waals surface area contributed by atoms with Crippen LogP contribution in [0, 0.1) is 0 Å². The lowest BCUT2D eigenvalue weighted by molar-refractivity contribution is 0.705. The Labute approximate surface area is 98.2 Å². The molecule has 4 heteroatoms. The molecule has 78 valence electrons. The second kappa shape index (κ2) is 5.56. The molecular weight excluding hydrogens is 263 g/mol. The lowest BCUT2D eigenvalue weighted by atomic mass is 10.2.